The van der Waals surface area contributed by atoms with Crippen LogP contribution in [0.5, 0.6) is 11.5 Å². The second-order valence-electron chi connectivity index (χ2n) is 6.09. The molecule has 0 radical (unpaired) electrons. The molecule has 1 aromatic carbocycles. The molecule has 0 atom stereocenters. The van der Waals surface area contributed by atoms with Gasteiger partial charge in [-0.15, -0.1) is 11.3 Å². The number of methoxy groups -OCH3 is 1. The third-order valence-electron chi connectivity index (χ3n) is 4.17. The molecular formula is C20H22N2O5S. The van der Waals surface area contributed by atoms with Gasteiger partial charge >= 0.3 is 5.97 Å². The van der Waals surface area contributed by atoms with Gasteiger partial charge in [0.05, 0.1) is 37.5 Å². The predicted octanol–water partition coefficient (Wildman–Crippen LogP) is 3.50. The van der Waals surface area contributed by atoms with Gasteiger partial charge < -0.3 is 14.2 Å². The molecule has 0 unspecified atom stereocenters. The van der Waals surface area contributed by atoms with Crippen LogP contribution in [0.15, 0.2) is 40.8 Å². The summed E-state index contributed by atoms with van der Waals surface area (Å²) >= 11 is 1.26. The number of hydrogen-bond donors (Lipinski definition) is 0. The standard InChI is InChI=1S/C20H22N2O5S/c1-3-4-10-27-20(24)16-12-28-18-17(16)19(23)22(13-21-18)9-11-26-15-7-5-14(25-2)6-8-15/h5-8,12-13H,3-4,9-11H2,1-2H3. The molecule has 0 aliphatic heterocycles. The number of benzene rings is 1. The van der Waals surface area contributed by atoms with Crippen molar-refractivity contribution < 1.29 is 19.0 Å². The van der Waals surface area contributed by atoms with Crippen molar-refractivity contribution in [3.63, 3.8) is 0 Å². The lowest BCUT2D eigenvalue weighted by atomic mass is 10.2. The van der Waals surface area contributed by atoms with E-state index in [4.69, 9.17) is 14.2 Å². The minimum absolute atomic E-state index is 0.271. The maximum absolute atomic E-state index is 12.8. The van der Waals surface area contributed by atoms with Crippen LogP contribution in [-0.2, 0) is 11.3 Å². The summed E-state index contributed by atoms with van der Waals surface area (Å²) in [6, 6.07) is 7.20. The van der Waals surface area contributed by atoms with E-state index in [1.54, 1.807) is 36.8 Å². The van der Waals surface area contributed by atoms with E-state index in [0.717, 1.165) is 18.6 Å². The molecule has 0 fully saturated rings. The van der Waals surface area contributed by atoms with Crippen molar-refractivity contribution in [2.75, 3.05) is 20.3 Å². The molecule has 0 amide bonds. The Balaban J connectivity index is 1.71. The maximum Gasteiger partial charge on any atom is 0.339 e. The number of rotatable bonds is 9. The predicted molar refractivity (Wildman–Crippen MR) is 108 cm³/mol. The van der Waals surface area contributed by atoms with Crippen molar-refractivity contribution in [1.82, 2.24) is 9.55 Å². The number of carbonyl (C=O) groups is 1. The molecule has 0 N–H and O–H groups in total. The smallest absolute Gasteiger partial charge is 0.339 e. The molecule has 148 valence electrons. The number of thiophene rings is 1. The number of unbranched alkanes of at least 4 members (excludes halogenated alkanes) is 1. The Morgan fingerprint density at radius 2 is 1.93 bits per heavy atom. The van der Waals surface area contributed by atoms with Gasteiger partial charge in [0.15, 0.2) is 0 Å². The number of ether oxygens (including phenoxy) is 3. The second kappa shape index (κ2) is 9.36. The van der Waals surface area contributed by atoms with E-state index in [2.05, 4.69) is 4.98 Å². The number of esters is 1. The zero-order valence-electron chi connectivity index (χ0n) is 15.8. The summed E-state index contributed by atoms with van der Waals surface area (Å²) in [7, 11) is 1.60. The van der Waals surface area contributed by atoms with E-state index in [0.29, 0.717) is 35.7 Å². The van der Waals surface area contributed by atoms with E-state index in [-0.39, 0.29) is 11.1 Å². The normalized spacial score (nSPS) is 10.8. The summed E-state index contributed by atoms with van der Waals surface area (Å²) in [5.41, 5.74) is 0.00560. The molecule has 3 aromatic rings. The first-order valence-electron chi connectivity index (χ1n) is 9.04. The SMILES string of the molecule is CCCCOC(=O)c1csc2ncn(CCOc3ccc(OC)cc3)c(=O)c12. The van der Waals surface area contributed by atoms with E-state index in [1.807, 2.05) is 6.92 Å². The highest BCUT2D eigenvalue weighted by Gasteiger charge is 2.18. The average molecular weight is 402 g/mol. The van der Waals surface area contributed by atoms with Gasteiger partial charge in [0.2, 0.25) is 0 Å². The fraction of sp³-hybridized carbons (Fsp3) is 0.350. The molecule has 0 aliphatic rings. The number of nitrogens with zero attached hydrogens (tertiary/aromatic N) is 2. The van der Waals surface area contributed by atoms with Crippen LogP contribution in [0.25, 0.3) is 10.2 Å². The van der Waals surface area contributed by atoms with Crippen molar-refractivity contribution in [3.05, 3.63) is 51.9 Å². The number of carbonyl (C=O) groups excluding carboxylic acids is 1. The highest BCUT2D eigenvalue weighted by molar-refractivity contribution is 7.17. The van der Waals surface area contributed by atoms with Crippen LogP contribution >= 0.6 is 11.3 Å². The first-order valence-corrected chi connectivity index (χ1v) is 9.92. The summed E-state index contributed by atoms with van der Waals surface area (Å²) < 4.78 is 17.5. The van der Waals surface area contributed by atoms with Crippen molar-refractivity contribution in [2.45, 2.75) is 26.3 Å². The van der Waals surface area contributed by atoms with Crippen LogP contribution in [0.2, 0.25) is 0 Å². The van der Waals surface area contributed by atoms with Crippen LogP contribution in [0.4, 0.5) is 0 Å². The third-order valence-corrected chi connectivity index (χ3v) is 5.06. The van der Waals surface area contributed by atoms with Crippen molar-refractivity contribution in [1.29, 1.82) is 0 Å². The monoisotopic (exact) mass is 402 g/mol. The van der Waals surface area contributed by atoms with Crippen LogP contribution < -0.4 is 15.0 Å². The molecule has 0 spiro atoms. The first kappa shape index (κ1) is 19.9. The zero-order chi connectivity index (χ0) is 19.9. The Kier molecular flexibility index (Phi) is 6.65. The lowest BCUT2D eigenvalue weighted by Gasteiger charge is -2.09. The molecule has 0 saturated carbocycles. The van der Waals surface area contributed by atoms with Crippen LogP contribution in [0.3, 0.4) is 0 Å². The molecule has 2 aromatic heterocycles. The van der Waals surface area contributed by atoms with E-state index in [1.165, 1.54) is 22.2 Å². The zero-order valence-corrected chi connectivity index (χ0v) is 16.7. The third kappa shape index (κ3) is 4.51. The Morgan fingerprint density at radius 3 is 2.64 bits per heavy atom. The number of hydrogen-bond acceptors (Lipinski definition) is 7. The van der Waals surface area contributed by atoms with Crippen molar-refractivity contribution in [2.24, 2.45) is 0 Å². The molecule has 0 bridgehead atoms. The maximum atomic E-state index is 12.8. The van der Waals surface area contributed by atoms with Gasteiger partial charge in [-0.1, -0.05) is 13.3 Å². The second-order valence-corrected chi connectivity index (χ2v) is 6.94. The molecule has 8 heteroatoms. The topological polar surface area (TPSA) is 79.7 Å². The Bertz CT molecular complexity index is 994. The molecule has 2 heterocycles. The molecule has 0 aliphatic carbocycles. The quantitative estimate of drug-likeness (QED) is 0.403. The van der Waals surface area contributed by atoms with Gasteiger partial charge in [0.1, 0.15) is 22.9 Å². The fourth-order valence-corrected chi connectivity index (χ4v) is 3.46. The average Bonchev–Trinajstić information content (AvgIpc) is 3.15. The summed E-state index contributed by atoms with van der Waals surface area (Å²) in [4.78, 5) is 29.9. The summed E-state index contributed by atoms with van der Waals surface area (Å²) in [6.07, 6.45) is 3.20. The van der Waals surface area contributed by atoms with Gasteiger partial charge in [-0.05, 0) is 30.7 Å². The van der Waals surface area contributed by atoms with Crippen molar-refractivity contribution in [3.8, 4) is 11.5 Å². The van der Waals surface area contributed by atoms with Gasteiger partial charge in [-0.25, -0.2) is 9.78 Å². The first-order chi connectivity index (χ1) is 13.6. The Labute approximate surface area is 166 Å². The molecule has 28 heavy (non-hydrogen) atoms. The number of fused-ring (bicyclic) bond motifs is 1. The summed E-state index contributed by atoms with van der Waals surface area (Å²) in [5.74, 6) is 0.943. The van der Waals surface area contributed by atoms with Crippen molar-refractivity contribution >= 4 is 27.5 Å². The molecular weight excluding hydrogens is 380 g/mol. The highest BCUT2D eigenvalue weighted by atomic mass is 32.1. The Hall–Kier alpha value is -2.87. The van der Waals surface area contributed by atoms with E-state index in [9.17, 15) is 9.59 Å². The summed E-state index contributed by atoms with van der Waals surface area (Å²) in [6.45, 7) is 2.97. The Morgan fingerprint density at radius 1 is 1.18 bits per heavy atom. The molecule has 3 rings (SSSR count). The van der Waals surface area contributed by atoms with Crippen LogP contribution in [-0.4, -0.2) is 35.8 Å². The van der Waals surface area contributed by atoms with Gasteiger partial charge in [0, 0.05) is 5.38 Å². The fourth-order valence-electron chi connectivity index (χ4n) is 2.60. The van der Waals surface area contributed by atoms with E-state index >= 15 is 0 Å². The van der Waals surface area contributed by atoms with Gasteiger partial charge in [0.25, 0.3) is 5.56 Å². The lowest BCUT2D eigenvalue weighted by molar-refractivity contribution is 0.0502. The van der Waals surface area contributed by atoms with Crippen LogP contribution in [0.1, 0.15) is 30.1 Å². The number of aromatic nitrogens is 2. The van der Waals surface area contributed by atoms with Crippen LogP contribution in [0, 0.1) is 0 Å². The molecule has 7 nitrogen and oxygen atoms in total. The minimum Gasteiger partial charge on any atom is -0.497 e. The van der Waals surface area contributed by atoms with Gasteiger partial charge in [-0.3, -0.25) is 9.36 Å². The largest absolute Gasteiger partial charge is 0.497 e. The highest BCUT2D eigenvalue weighted by Crippen LogP contribution is 2.22. The minimum atomic E-state index is -0.481. The summed E-state index contributed by atoms with van der Waals surface area (Å²) in [5, 5.41) is 1.93. The van der Waals surface area contributed by atoms with Gasteiger partial charge in [-0.2, -0.15) is 0 Å². The van der Waals surface area contributed by atoms with E-state index < -0.39 is 5.97 Å². The molecule has 0 saturated heterocycles. The lowest BCUT2D eigenvalue weighted by Crippen LogP contribution is -2.24.